The van der Waals surface area contributed by atoms with Crippen LogP contribution in [0.15, 0.2) is 4.52 Å². The zero-order chi connectivity index (χ0) is 15.9. The lowest BCUT2D eigenvalue weighted by Crippen LogP contribution is -2.48. The van der Waals surface area contributed by atoms with Crippen LogP contribution in [0.2, 0.25) is 0 Å². The van der Waals surface area contributed by atoms with Gasteiger partial charge in [-0.25, -0.2) is 4.79 Å². The minimum absolute atomic E-state index is 0.0668. The number of nitrogens with zero attached hydrogens (tertiary/aromatic N) is 3. The second kappa shape index (κ2) is 7.88. The molecule has 22 heavy (non-hydrogen) atoms. The fraction of sp³-hybridized carbons (Fsp3) is 0.714. The first-order valence-corrected chi connectivity index (χ1v) is 7.53. The number of amides is 1. The number of carbonyl (C=O) groups is 2. The first kappa shape index (κ1) is 16.4. The summed E-state index contributed by atoms with van der Waals surface area (Å²) < 4.78 is 10.2. The normalized spacial score (nSPS) is 18.4. The Morgan fingerprint density at radius 1 is 1.41 bits per heavy atom. The number of carboxylic acid groups (broad SMARTS) is 1. The van der Waals surface area contributed by atoms with Crippen LogP contribution in [0, 0.1) is 0 Å². The predicted molar refractivity (Wildman–Crippen MR) is 75.2 cm³/mol. The Hall–Kier alpha value is -1.96. The Bertz CT molecular complexity index is 516. The molecular weight excluding hydrogens is 290 g/mol. The van der Waals surface area contributed by atoms with Gasteiger partial charge in [0.05, 0.1) is 13.2 Å². The molecule has 1 aromatic rings. The van der Waals surface area contributed by atoms with Gasteiger partial charge in [0.25, 0.3) is 0 Å². The molecule has 1 aliphatic rings. The van der Waals surface area contributed by atoms with Crippen molar-refractivity contribution >= 4 is 11.9 Å². The summed E-state index contributed by atoms with van der Waals surface area (Å²) in [4.78, 5) is 28.7. The van der Waals surface area contributed by atoms with Crippen molar-refractivity contribution in [3.63, 3.8) is 0 Å². The van der Waals surface area contributed by atoms with Crippen LogP contribution in [0.25, 0.3) is 0 Å². The number of hydrogen-bond donors (Lipinski definition) is 1. The number of aryl methyl sites for hydroxylation is 2. The van der Waals surface area contributed by atoms with Gasteiger partial charge in [-0.15, -0.1) is 0 Å². The van der Waals surface area contributed by atoms with Gasteiger partial charge in [0.15, 0.2) is 11.9 Å². The van der Waals surface area contributed by atoms with Crippen molar-refractivity contribution < 1.29 is 24.0 Å². The van der Waals surface area contributed by atoms with E-state index in [1.807, 2.05) is 6.92 Å². The quantitative estimate of drug-likeness (QED) is 0.788. The highest BCUT2D eigenvalue weighted by molar-refractivity contribution is 5.78. The molecule has 0 aliphatic carbocycles. The van der Waals surface area contributed by atoms with E-state index in [0.717, 1.165) is 12.8 Å². The van der Waals surface area contributed by atoms with E-state index in [0.29, 0.717) is 37.5 Å². The molecule has 0 radical (unpaired) electrons. The predicted octanol–water partition coefficient (Wildman–Crippen LogP) is 0.657. The second-order valence-electron chi connectivity index (χ2n) is 5.25. The van der Waals surface area contributed by atoms with E-state index < -0.39 is 12.1 Å². The first-order valence-electron chi connectivity index (χ1n) is 7.53. The zero-order valence-corrected chi connectivity index (χ0v) is 12.7. The molecule has 8 heteroatoms. The van der Waals surface area contributed by atoms with Crippen molar-refractivity contribution in [2.24, 2.45) is 0 Å². The molecule has 1 N–H and O–H groups in total. The van der Waals surface area contributed by atoms with Crippen LogP contribution in [0.4, 0.5) is 0 Å². The summed E-state index contributed by atoms with van der Waals surface area (Å²) in [5.74, 6) is 0.137. The summed E-state index contributed by atoms with van der Waals surface area (Å²) in [7, 11) is 0. The number of aliphatic carboxylic acids is 1. The molecular formula is C14H21N3O5. The molecule has 1 aromatic heterocycles. The van der Waals surface area contributed by atoms with Crippen LogP contribution < -0.4 is 0 Å². The average molecular weight is 311 g/mol. The van der Waals surface area contributed by atoms with Crippen molar-refractivity contribution in [2.75, 3.05) is 19.7 Å². The van der Waals surface area contributed by atoms with Crippen LogP contribution in [0.1, 0.15) is 37.9 Å². The third kappa shape index (κ3) is 4.52. The van der Waals surface area contributed by atoms with Gasteiger partial charge in [-0.3, -0.25) is 4.79 Å². The van der Waals surface area contributed by atoms with Crippen LogP contribution in [0.5, 0.6) is 0 Å². The maximum absolute atomic E-state index is 12.1. The molecule has 0 unspecified atom stereocenters. The van der Waals surface area contributed by atoms with E-state index in [4.69, 9.17) is 14.4 Å². The van der Waals surface area contributed by atoms with E-state index >= 15 is 0 Å². The number of aromatic nitrogens is 2. The van der Waals surface area contributed by atoms with Crippen molar-refractivity contribution in [3.05, 3.63) is 11.7 Å². The minimum Gasteiger partial charge on any atom is -0.479 e. The lowest BCUT2D eigenvalue weighted by atomic mass is 10.2. The summed E-state index contributed by atoms with van der Waals surface area (Å²) in [5.41, 5.74) is 0. The Labute approximate surface area is 128 Å². The molecule has 0 saturated carbocycles. The SMILES string of the molecule is CCCc1noc(CCCC(=O)N2CCO[C@@H](C(=O)O)C2)n1. The smallest absolute Gasteiger partial charge is 0.334 e. The number of rotatable bonds is 7. The lowest BCUT2D eigenvalue weighted by Gasteiger charge is -2.30. The maximum atomic E-state index is 12.1. The highest BCUT2D eigenvalue weighted by Gasteiger charge is 2.28. The largest absolute Gasteiger partial charge is 0.479 e. The van der Waals surface area contributed by atoms with Crippen LogP contribution in [0.3, 0.4) is 0 Å². The van der Waals surface area contributed by atoms with Crippen molar-refractivity contribution in [1.82, 2.24) is 15.0 Å². The molecule has 0 spiro atoms. The van der Waals surface area contributed by atoms with Crippen molar-refractivity contribution in [2.45, 2.75) is 45.1 Å². The number of carbonyl (C=O) groups excluding carboxylic acids is 1. The fourth-order valence-electron chi connectivity index (χ4n) is 2.29. The fourth-order valence-corrected chi connectivity index (χ4v) is 2.29. The summed E-state index contributed by atoms with van der Waals surface area (Å²) in [6, 6.07) is 0. The standard InChI is InChI=1S/C14H21N3O5/c1-2-4-11-15-12(22-16-11)5-3-6-13(18)17-7-8-21-10(9-17)14(19)20/h10H,2-9H2,1H3,(H,19,20)/t10-/m1/s1. The van der Waals surface area contributed by atoms with E-state index in [1.165, 1.54) is 0 Å². The van der Waals surface area contributed by atoms with Gasteiger partial charge in [0, 0.05) is 25.8 Å². The van der Waals surface area contributed by atoms with Gasteiger partial charge in [-0.1, -0.05) is 12.1 Å². The average Bonchev–Trinajstić information content (AvgIpc) is 2.95. The van der Waals surface area contributed by atoms with Gasteiger partial charge in [0.2, 0.25) is 11.8 Å². The van der Waals surface area contributed by atoms with E-state index in [-0.39, 0.29) is 19.1 Å². The molecule has 1 fully saturated rings. The van der Waals surface area contributed by atoms with Gasteiger partial charge in [-0.2, -0.15) is 4.98 Å². The summed E-state index contributed by atoms with van der Waals surface area (Å²) >= 11 is 0. The van der Waals surface area contributed by atoms with Crippen molar-refractivity contribution in [3.8, 4) is 0 Å². The summed E-state index contributed by atoms with van der Waals surface area (Å²) in [5, 5.41) is 12.8. The molecule has 1 saturated heterocycles. The molecule has 2 rings (SSSR count). The van der Waals surface area contributed by atoms with E-state index in [1.54, 1.807) is 4.90 Å². The zero-order valence-electron chi connectivity index (χ0n) is 12.7. The Morgan fingerprint density at radius 3 is 2.95 bits per heavy atom. The van der Waals surface area contributed by atoms with Crippen LogP contribution in [-0.4, -0.2) is 57.8 Å². The van der Waals surface area contributed by atoms with E-state index in [2.05, 4.69) is 10.1 Å². The number of hydrogen-bond acceptors (Lipinski definition) is 6. The van der Waals surface area contributed by atoms with Crippen molar-refractivity contribution in [1.29, 1.82) is 0 Å². The first-order chi connectivity index (χ1) is 10.6. The Morgan fingerprint density at radius 2 is 2.23 bits per heavy atom. The van der Waals surface area contributed by atoms with Gasteiger partial charge in [-0.05, 0) is 12.8 Å². The van der Waals surface area contributed by atoms with Gasteiger partial charge >= 0.3 is 5.97 Å². The molecule has 8 nitrogen and oxygen atoms in total. The molecule has 2 heterocycles. The number of ether oxygens (including phenoxy) is 1. The highest BCUT2D eigenvalue weighted by atomic mass is 16.5. The Kier molecular flexibility index (Phi) is 5.88. The molecule has 1 aliphatic heterocycles. The molecule has 0 aromatic carbocycles. The monoisotopic (exact) mass is 311 g/mol. The van der Waals surface area contributed by atoms with E-state index in [9.17, 15) is 9.59 Å². The maximum Gasteiger partial charge on any atom is 0.334 e. The van der Waals surface area contributed by atoms with Crippen LogP contribution in [-0.2, 0) is 27.2 Å². The van der Waals surface area contributed by atoms with Gasteiger partial charge in [0.1, 0.15) is 0 Å². The Balaban J connectivity index is 1.73. The molecule has 1 amide bonds. The summed E-state index contributed by atoms with van der Waals surface area (Å²) in [6.07, 6.45) is 2.30. The molecule has 1 atom stereocenters. The lowest BCUT2D eigenvalue weighted by molar-refractivity contribution is -0.159. The number of morpholine rings is 1. The third-order valence-electron chi connectivity index (χ3n) is 3.46. The highest BCUT2D eigenvalue weighted by Crippen LogP contribution is 2.10. The van der Waals surface area contributed by atoms with Crippen LogP contribution >= 0.6 is 0 Å². The third-order valence-corrected chi connectivity index (χ3v) is 3.46. The molecule has 0 bridgehead atoms. The number of carboxylic acids is 1. The molecule has 122 valence electrons. The minimum atomic E-state index is -1.04. The van der Waals surface area contributed by atoms with Gasteiger partial charge < -0.3 is 19.3 Å². The topological polar surface area (TPSA) is 106 Å². The summed E-state index contributed by atoms with van der Waals surface area (Å²) in [6.45, 7) is 2.84. The second-order valence-corrected chi connectivity index (χ2v) is 5.25.